The second-order valence-electron chi connectivity index (χ2n) is 21.6. The predicted molar refractivity (Wildman–Crippen MR) is 203 cm³/mol. The summed E-state index contributed by atoms with van der Waals surface area (Å²) in [5.41, 5.74) is -3.30. The summed E-state index contributed by atoms with van der Waals surface area (Å²) in [6, 6.07) is 0. The van der Waals surface area contributed by atoms with Crippen molar-refractivity contribution in [2.45, 2.75) is 204 Å². The number of esters is 1. The van der Waals surface area contributed by atoms with E-state index in [2.05, 4.69) is 34.6 Å². The smallest absolute Gasteiger partial charge is 0.303 e. The number of ether oxygens (including phenoxy) is 6. The molecule has 3 aliphatic heterocycles. The van der Waals surface area contributed by atoms with Crippen LogP contribution in [-0.2, 0) is 33.2 Å². The first-order valence-corrected chi connectivity index (χ1v) is 21.8. The van der Waals surface area contributed by atoms with Gasteiger partial charge in [-0.3, -0.25) is 4.79 Å². The summed E-state index contributed by atoms with van der Waals surface area (Å²) >= 11 is 0. The van der Waals surface area contributed by atoms with Gasteiger partial charge in [0.05, 0.1) is 48.8 Å². The Labute approximate surface area is 341 Å². The molecule has 8 aliphatic rings. The van der Waals surface area contributed by atoms with Crippen molar-refractivity contribution in [1.82, 2.24) is 0 Å². The highest BCUT2D eigenvalue weighted by atomic mass is 16.7. The number of hydrogen-bond acceptors (Lipinski definition) is 15. The molecule has 0 bridgehead atoms. The van der Waals surface area contributed by atoms with Crippen molar-refractivity contribution in [3.63, 3.8) is 0 Å². The van der Waals surface area contributed by atoms with Crippen LogP contribution in [0.3, 0.4) is 0 Å². The molecule has 8 rings (SSSR count). The Morgan fingerprint density at radius 2 is 1.50 bits per heavy atom. The number of rotatable bonds is 8. The number of fused-ring (bicyclic) bond motifs is 2. The van der Waals surface area contributed by atoms with E-state index < -0.39 is 103 Å². The van der Waals surface area contributed by atoms with Crippen LogP contribution in [-0.4, -0.2) is 151 Å². The molecule has 0 unspecified atom stereocenters. The number of aliphatic hydroxyl groups excluding tert-OH is 7. The fourth-order valence-corrected chi connectivity index (χ4v) is 15.2. The average Bonchev–Trinajstić information content (AvgIpc) is 3.49. The minimum Gasteiger partial charge on any atom is -0.457 e. The molecule has 15 heteroatoms. The lowest BCUT2D eigenvalue weighted by molar-refractivity contribution is -0.339. The van der Waals surface area contributed by atoms with Crippen molar-refractivity contribution in [2.24, 2.45) is 44.8 Å². The zero-order valence-corrected chi connectivity index (χ0v) is 35.5. The maximum atomic E-state index is 12.2. The third-order valence-corrected chi connectivity index (χ3v) is 17.9. The van der Waals surface area contributed by atoms with Crippen molar-refractivity contribution in [1.29, 1.82) is 0 Å². The van der Waals surface area contributed by atoms with Crippen LogP contribution in [0.2, 0.25) is 0 Å². The fourth-order valence-electron chi connectivity index (χ4n) is 15.2. The molecule has 3 saturated heterocycles. The monoisotopic (exact) mass is 826 g/mol. The van der Waals surface area contributed by atoms with Crippen LogP contribution in [0.15, 0.2) is 0 Å². The minimum atomic E-state index is -1.62. The van der Waals surface area contributed by atoms with Crippen LogP contribution < -0.4 is 0 Å². The van der Waals surface area contributed by atoms with E-state index in [1.807, 2.05) is 0 Å². The topological polar surface area (TPSA) is 234 Å². The Bertz CT molecular complexity index is 1570. The standard InChI is InChI=1S/C43H70O15/c1-20(45)54-32-22(47)18-53-35(31(32)51)57-26-10-12-43-19-42(43)14-13-39(6)33(41(8)11-9-27(58-41)38(4,5)52)21(46)16-40(39,7)25(42)15-23(34(43)37(26,2)3)55-36-30(50)29(49)28(48)24(17-44)56-36/h21-36,44,46-52H,9-19H2,1-8H3/t21-,22+,23-,24+,25-,26-,27-,28+,29-,30+,31+,32-,33-,34-,35-,36+,39+,40-,41+,42-,43+/m0/s1. The quantitative estimate of drug-likeness (QED) is 0.127. The van der Waals surface area contributed by atoms with Crippen LogP contribution in [0.25, 0.3) is 0 Å². The summed E-state index contributed by atoms with van der Waals surface area (Å²) in [6.45, 7) is 15.0. The van der Waals surface area contributed by atoms with Crippen LogP contribution in [0, 0.1) is 44.8 Å². The Morgan fingerprint density at radius 1 is 0.793 bits per heavy atom. The Kier molecular flexibility index (Phi) is 10.7. The first-order chi connectivity index (χ1) is 26.9. The van der Waals surface area contributed by atoms with E-state index >= 15 is 0 Å². The van der Waals surface area contributed by atoms with Crippen molar-refractivity contribution < 1.29 is 74.1 Å². The third kappa shape index (κ3) is 6.17. The molecule has 8 fully saturated rings. The van der Waals surface area contributed by atoms with Gasteiger partial charge in [-0.25, -0.2) is 0 Å². The SMILES string of the molecule is CC(=O)O[C@@H]1[C@@H](O)[C@H](O[C@H]2CC[C@]34C[C@]35CC[C@]3(C)[C@@H]([C@@]6(C)CC[C@@H](C(C)(C)O)O6)[C@@H](O)C[C@@]3(C)[C@@H]5C[C@H](O[C@@H]3O[C@H](CO)[C@@H](O)[C@H](O)[C@H]3O)[C@H]4C2(C)C)OC[C@H]1O. The first-order valence-electron chi connectivity index (χ1n) is 21.8. The van der Waals surface area contributed by atoms with Crippen LogP contribution >= 0.6 is 0 Å². The predicted octanol–water partition coefficient (Wildman–Crippen LogP) is 1.29. The Balaban J connectivity index is 1.14. The van der Waals surface area contributed by atoms with Crippen LogP contribution in [0.1, 0.15) is 113 Å². The van der Waals surface area contributed by atoms with E-state index in [-0.39, 0.29) is 52.1 Å². The highest BCUT2D eigenvalue weighted by molar-refractivity contribution is 5.66. The molecule has 0 radical (unpaired) electrons. The Morgan fingerprint density at radius 3 is 2.14 bits per heavy atom. The summed E-state index contributed by atoms with van der Waals surface area (Å²) in [4.78, 5) is 11.9. The summed E-state index contributed by atoms with van der Waals surface area (Å²) in [7, 11) is 0. The summed E-state index contributed by atoms with van der Waals surface area (Å²) in [6.07, 6.45) is -7.63. The molecule has 0 aromatic carbocycles. The van der Waals surface area contributed by atoms with Gasteiger partial charge in [-0.2, -0.15) is 0 Å². The van der Waals surface area contributed by atoms with Gasteiger partial charge in [0.2, 0.25) is 0 Å². The second-order valence-corrected chi connectivity index (χ2v) is 21.6. The number of hydrogen-bond donors (Lipinski definition) is 8. The lowest BCUT2D eigenvalue weighted by Crippen LogP contribution is -2.65. The molecule has 15 nitrogen and oxygen atoms in total. The van der Waals surface area contributed by atoms with Gasteiger partial charge in [-0.05, 0) is 117 Å². The second kappa shape index (κ2) is 14.2. The maximum absolute atomic E-state index is 12.2. The lowest BCUT2D eigenvalue weighted by atomic mass is 9.41. The van der Waals surface area contributed by atoms with E-state index in [1.54, 1.807) is 13.8 Å². The minimum absolute atomic E-state index is 0.0855. The molecular formula is C43H70O15. The third-order valence-electron chi connectivity index (χ3n) is 17.9. The molecule has 3 heterocycles. The van der Waals surface area contributed by atoms with Gasteiger partial charge in [-0.15, -0.1) is 0 Å². The Hall–Kier alpha value is -1.05. The molecule has 58 heavy (non-hydrogen) atoms. The van der Waals surface area contributed by atoms with E-state index in [1.165, 1.54) is 6.92 Å². The fraction of sp³-hybridized carbons (Fsp3) is 0.977. The molecule has 21 atom stereocenters. The molecule has 0 aromatic heterocycles. The van der Waals surface area contributed by atoms with Crippen molar-refractivity contribution in [3.8, 4) is 0 Å². The van der Waals surface area contributed by atoms with Gasteiger partial charge < -0.3 is 69.3 Å². The molecule has 5 saturated carbocycles. The van der Waals surface area contributed by atoms with Crippen LogP contribution in [0.5, 0.6) is 0 Å². The van der Waals surface area contributed by atoms with Gasteiger partial charge in [-0.1, -0.05) is 27.7 Å². The maximum Gasteiger partial charge on any atom is 0.303 e. The van der Waals surface area contributed by atoms with Gasteiger partial charge in [0.1, 0.15) is 36.6 Å². The largest absolute Gasteiger partial charge is 0.457 e. The molecule has 5 aliphatic carbocycles. The summed E-state index contributed by atoms with van der Waals surface area (Å²) in [5.74, 6) is -0.920. The van der Waals surface area contributed by atoms with Crippen molar-refractivity contribution in [2.75, 3.05) is 13.2 Å². The lowest BCUT2D eigenvalue weighted by Gasteiger charge is -2.65. The molecular weight excluding hydrogens is 756 g/mol. The first kappa shape index (κ1) is 43.6. The van der Waals surface area contributed by atoms with Gasteiger partial charge in [0.25, 0.3) is 0 Å². The summed E-state index contributed by atoms with van der Waals surface area (Å²) < 4.78 is 37.4. The van der Waals surface area contributed by atoms with Crippen molar-refractivity contribution >= 4 is 5.97 Å². The van der Waals surface area contributed by atoms with Gasteiger partial charge in [0, 0.05) is 12.8 Å². The van der Waals surface area contributed by atoms with Crippen molar-refractivity contribution in [3.05, 3.63) is 0 Å². The van der Waals surface area contributed by atoms with Gasteiger partial charge in [0.15, 0.2) is 18.7 Å². The highest BCUT2D eigenvalue weighted by Crippen LogP contribution is 2.89. The molecule has 0 aromatic rings. The highest BCUT2D eigenvalue weighted by Gasteiger charge is 2.85. The van der Waals surface area contributed by atoms with Crippen LogP contribution in [0.4, 0.5) is 0 Å². The van der Waals surface area contributed by atoms with E-state index in [0.29, 0.717) is 25.7 Å². The molecule has 2 spiro atoms. The van der Waals surface area contributed by atoms with Gasteiger partial charge >= 0.3 is 5.97 Å². The molecule has 0 amide bonds. The van der Waals surface area contributed by atoms with E-state index in [0.717, 1.165) is 32.1 Å². The number of carbonyl (C=O) groups excluding carboxylic acids is 1. The molecule has 332 valence electrons. The number of aliphatic hydroxyl groups is 8. The number of carbonyl (C=O) groups is 1. The zero-order chi connectivity index (χ0) is 42.3. The normalized spacial score (nSPS) is 56.1. The summed E-state index contributed by atoms with van der Waals surface area (Å²) in [5, 5.41) is 87.8. The zero-order valence-electron chi connectivity index (χ0n) is 35.5. The van der Waals surface area contributed by atoms with E-state index in [4.69, 9.17) is 28.4 Å². The van der Waals surface area contributed by atoms with E-state index in [9.17, 15) is 45.6 Å². The average molecular weight is 827 g/mol. The molecule has 8 N–H and O–H groups in total.